The molecule has 0 saturated heterocycles. The number of hydrogen-bond acceptors (Lipinski definition) is 0. The highest BCUT2D eigenvalue weighted by atomic mass is 15.4. The van der Waals surface area contributed by atoms with Crippen LogP contribution in [0.1, 0.15) is 331 Å². The molecule has 9 atom stereocenters. The van der Waals surface area contributed by atoms with Crippen molar-refractivity contribution in [1.29, 1.82) is 0 Å². The lowest BCUT2D eigenvalue weighted by Crippen LogP contribution is -2.60. The Morgan fingerprint density at radius 1 is 0.415 bits per heavy atom. The van der Waals surface area contributed by atoms with E-state index >= 15 is 0 Å². The summed E-state index contributed by atoms with van der Waals surface area (Å²) >= 11 is 0. The average molecular weight is 908 g/mol. The van der Waals surface area contributed by atoms with E-state index in [0.29, 0.717) is 10.8 Å². The van der Waals surface area contributed by atoms with Gasteiger partial charge in [-0.3, -0.25) is 0 Å². The van der Waals surface area contributed by atoms with Crippen molar-refractivity contribution >= 4 is 0 Å². The van der Waals surface area contributed by atoms with Gasteiger partial charge in [0, 0.05) is 6.42 Å². The van der Waals surface area contributed by atoms with Gasteiger partial charge in [-0.05, 0) is 129 Å². The molecule has 4 rings (SSSR count). The van der Waals surface area contributed by atoms with Gasteiger partial charge in [-0.15, -0.1) is 0 Å². The summed E-state index contributed by atoms with van der Waals surface area (Å²) in [7, 11) is 2.78. The summed E-state index contributed by atoms with van der Waals surface area (Å²) in [5.74, 6) is 6.87. The quantitative estimate of drug-likeness (QED) is 0.0425. The zero-order valence-electron chi connectivity index (χ0n) is 46.6. The van der Waals surface area contributed by atoms with Crippen LogP contribution in [0.5, 0.6) is 0 Å². The lowest BCUT2D eigenvalue weighted by Gasteiger charge is -2.62. The molecule has 4 aliphatic rings. The first-order valence-electron chi connectivity index (χ1n) is 31.4. The predicted octanol–water partition coefficient (Wildman–Crippen LogP) is 21.4. The van der Waals surface area contributed by atoms with E-state index in [4.69, 9.17) is 0 Å². The Bertz CT molecular complexity index is 1100. The first-order chi connectivity index (χ1) is 31.6. The minimum absolute atomic E-state index is 0.620. The molecule has 1 unspecified atom stereocenters. The second-order valence-corrected chi connectivity index (χ2v) is 26.1. The molecule has 0 radical (unpaired) electrons. The number of quaternary nitrogens is 1. The maximum atomic E-state index is 2.86. The molecule has 4 fully saturated rings. The van der Waals surface area contributed by atoms with Crippen LogP contribution in [0.2, 0.25) is 0 Å². The first kappa shape index (κ1) is 57.5. The Labute approximate surface area is 412 Å². The third kappa shape index (κ3) is 19.6. The smallest absolute Gasteiger partial charge is 0.0891 e. The van der Waals surface area contributed by atoms with Gasteiger partial charge in [0.1, 0.15) is 0 Å². The molecule has 0 N–H and O–H groups in total. The van der Waals surface area contributed by atoms with Crippen LogP contribution < -0.4 is 0 Å². The molecule has 0 heterocycles. The summed E-state index contributed by atoms with van der Waals surface area (Å²) in [5, 5.41) is 0. The molecular formula is C64H124N+. The lowest BCUT2D eigenvalue weighted by molar-refractivity contribution is -0.936. The SMILES string of the molecule is CCCCCCCCCCCCCCCCCC[N+](C)(CCCCCCCCCCCCCCCCCC)[C@@H]1CC[C@@]2(C)C(CC[C@H]3[C@@H]4CC[C@H]([C@H](C)CCCC(C)C)[C@@]4(C)CC[C@@H]32)C1. The molecule has 1 nitrogen and oxygen atoms in total. The Balaban J connectivity index is 1.20. The van der Waals surface area contributed by atoms with E-state index in [1.54, 1.807) is 51.4 Å². The van der Waals surface area contributed by atoms with Crippen LogP contribution in [-0.2, 0) is 0 Å². The van der Waals surface area contributed by atoms with Crippen LogP contribution in [0.25, 0.3) is 0 Å². The number of rotatable bonds is 40. The number of unbranched alkanes of at least 4 members (excludes halogenated alkanes) is 30. The molecule has 4 aliphatic carbocycles. The minimum atomic E-state index is 0.620. The molecule has 1 heteroatoms. The standard InChI is InChI=1S/C64H124N/c1-9-11-13-15-17-19-21-23-25-27-29-31-33-35-37-39-52-65(8,53-40-38-36-34-32-30-28-26-24-22-20-18-16-14-12-10-2)58-48-50-63(6)57(54-58)44-45-59-61-47-46-60(56(5)43-41-42-55(3)4)64(61,7)51-49-62(59)63/h55-62H,9-54H2,1-8H3/q+1/t56-,57?,58-,59+,60-,61+,62+,63+,64-/m1/s1. The van der Waals surface area contributed by atoms with Gasteiger partial charge >= 0.3 is 0 Å². The minimum Gasteiger partial charge on any atom is -0.324 e. The zero-order valence-corrected chi connectivity index (χ0v) is 46.6. The lowest BCUT2D eigenvalue weighted by atomic mass is 9.44. The van der Waals surface area contributed by atoms with Crippen LogP contribution in [0, 0.1) is 52.3 Å². The molecule has 0 aliphatic heterocycles. The van der Waals surface area contributed by atoms with E-state index in [9.17, 15) is 0 Å². The van der Waals surface area contributed by atoms with Crippen molar-refractivity contribution in [2.45, 2.75) is 337 Å². The summed E-state index contributed by atoms with van der Waals surface area (Å²) in [6.07, 6.45) is 65.6. The molecule has 0 aromatic heterocycles. The van der Waals surface area contributed by atoms with Crippen molar-refractivity contribution < 1.29 is 4.48 Å². The Kier molecular flexibility index (Phi) is 29.0. The van der Waals surface area contributed by atoms with Crippen LogP contribution in [0.3, 0.4) is 0 Å². The van der Waals surface area contributed by atoms with Crippen LogP contribution in [-0.4, -0.2) is 30.7 Å². The van der Waals surface area contributed by atoms with E-state index in [1.165, 1.54) is 249 Å². The van der Waals surface area contributed by atoms with Crippen LogP contribution >= 0.6 is 0 Å². The Morgan fingerprint density at radius 3 is 1.25 bits per heavy atom. The monoisotopic (exact) mass is 907 g/mol. The van der Waals surface area contributed by atoms with Crippen molar-refractivity contribution in [1.82, 2.24) is 0 Å². The third-order valence-corrected chi connectivity index (χ3v) is 20.8. The second kappa shape index (κ2) is 32.8. The number of nitrogens with zero attached hydrogens (tertiary/aromatic N) is 1. The van der Waals surface area contributed by atoms with E-state index in [0.717, 1.165) is 47.5 Å². The van der Waals surface area contributed by atoms with Crippen molar-refractivity contribution in [2.75, 3.05) is 20.1 Å². The van der Waals surface area contributed by atoms with Crippen molar-refractivity contribution in [3.63, 3.8) is 0 Å². The first-order valence-corrected chi connectivity index (χ1v) is 31.4. The average Bonchev–Trinajstić information content (AvgIpc) is 3.65. The van der Waals surface area contributed by atoms with Crippen molar-refractivity contribution in [3.05, 3.63) is 0 Å². The van der Waals surface area contributed by atoms with Gasteiger partial charge < -0.3 is 4.48 Å². The van der Waals surface area contributed by atoms with E-state index in [-0.39, 0.29) is 0 Å². The van der Waals surface area contributed by atoms with Crippen molar-refractivity contribution in [2.24, 2.45) is 52.3 Å². The van der Waals surface area contributed by atoms with Gasteiger partial charge in [0.2, 0.25) is 0 Å². The maximum absolute atomic E-state index is 2.86. The largest absolute Gasteiger partial charge is 0.324 e. The fourth-order valence-corrected chi connectivity index (χ4v) is 16.3. The number of hydrogen-bond donors (Lipinski definition) is 0. The van der Waals surface area contributed by atoms with Gasteiger partial charge in [-0.1, -0.05) is 248 Å². The molecule has 65 heavy (non-hydrogen) atoms. The summed E-state index contributed by atoms with van der Waals surface area (Å²) < 4.78 is 1.43. The summed E-state index contributed by atoms with van der Waals surface area (Å²) in [6, 6.07) is 0.925. The summed E-state index contributed by atoms with van der Waals surface area (Å²) in [4.78, 5) is 0. The maximum Gasteiger partial charge on any atom is 0.0891 e. The van der Waals surface area contributed by atoms with Gasteiger partial charge in [-0.2, -0.15) is 0 Å². The molecule has 0 aromatic rings. The van der Waals surface area contributed by atoms with Crippen LogP contribution in [0.15, 0.2) is 0 Å². The van der Waals surface area contributed by atoms with Gasteiger partial charge in [0.15, 0.2) is 0 Å². The Hall–Kier alpha value is -0.0400. The topological polar surface area (TPSA) is 0 Å². The highest BCUT2D eigenvalue weighted by Gasteiger charge is 2.61. The van der Waals surface area contributed by atoms with E-state index in [2.05, 4.69) is 55.5 Å². The number of fused-ring (bicyclic) bond motifs is 5. The van der Waals surface area contributed by atoms with Crippen LogP contribution in [0.4, 0.5) is 0 Å². The molecule has 0 amide bonds. The zero-order chi connectivity index (χ0) is 46.6. The summed E-state index contributed by atoms with van der Waals surface area (Å²) in [6.45, 7) is 20.8. The molecular weight excluding hydrogens is 783 g/mol. The van der Waals surface area contributed by atoms with Gasteiger partial charge in [0.25, 0.3) is 0 Å². The normalized spacial score (nSPS) is 28.4. The fourth-order valence-electron chi connectivity index (χ4n) is 16.3. The Morgan fingerprint density at radius 2 is 0.815 bits per heavy atom. The molecule has 384 valence electrons. The molecule has 4 saturated carbocycles. The molecule has 0 spiro atoms. The highest BCUT2D eigenvalue weighted by molar-refractivity contribution is 5.10. The van der Waals surface area contributed by atoms with E-state index < -0.39 is 0 Å². The molecule has 0 aromatic carbocycles. The van der Waals surface area contributed by atoms with Gasteiger partial charge in [-0.25, -0.2) is 0 Å². The molecule has 0 bridgehead atoms. The van der Waals surface area contributed by atoms with Crippen molar-refractivity contribution in [3.8, 4) is 0 Å². The fraction of sp³-hybridized carbons (Fsp3) is 1.00. The van der Waals surface area contributed by atoms with E-state index in [1.807, 2.05) is 0 Å². The second-order valence-electron chi connectivity index (χ2n) is 26.1. The van der Waals surface area contributed by atoms with Gasteiger partial charge in [0.05, 0.1) is 26.2 Å². The highest BCUT2D eigenvalue weighted by Crippen LogP contribution is 2.68. The third-order valence-electron chi connectivity index (χ3n) is 20.8. The predicted molar refractivity (Wildman–Crippen MR) is 292 cm³/mol. The summed E-state index contributed by atoms with van der Waals surface area (Å²) in [5.41, 5.74) is 1.25.